The van der Waals surface area contributed by atoms with Crippen molar-refractivity contribution in [2.75, 3.05) is 17.3 Å². The van der Waals surface area contributed by atoms with E-state index in [0.29, 0.717) is 11.4 Å². The molecule has 1 heterocycles. The second kappa shape index (κ2) is 6.64. The van der Waals surface area contributed by atoms with Gasteiger partial charge >= 0.3 is 5.97 Å². The van der Waals surface area contributed by atoms with E-state index in [0.717, 1.165) is 4.90 Å². The van der Waals surface area contributed by atoms with Gasteiger partial charge < -0.3 is 15.2 Å². The topological polar surface area (TPSA) is 95.9 Å². The highest BCUT2D eigenvalue weighted by atomic mass is 16.5. The van der Waals surface area contributed by atoms with Gasteiger partial charge in [0.2, 0.25) is 5.91 Å². The van der Waals surface area contributed by atoms with E-state index >= 15 is 0 Å². The van der Waals surface area contributed by atoms with Crippen LogP contribution in [-0.4, -0.2) is 36.0 Å². The lowest BCUT2D eigenvalue weighted by Gasteiger charge is -2.16. The van der Waals surface area contributed by atoms with Crippen molar-refractivity contribution in [2.45, 2.75) is 12.5 Å². The maximum Gasteiger partial charge on any atom is 0.335 e. The van der Waals surface area contributed by atoms with Crippen molar-refractivity contribution in [1.29, 1.82) is 0 Å². The Labute approximate surface area is 143 Å². The molecule has 1 aliphatic heterocycles. The average molecular weight is 340 g/mol. The molecule has 2 aromatic carbocycles. The predicted octanol–water partition coefficient (Wildman–Crippen LogP) is 2.14. The van der Waals surface area contributed by atoms with Gasteiger partial charge in [-0.25, -0.2) is 9.69 Å². The number of ether oxygens (including phenoxy) is 1. The number of aromatic carboxylic acids is 1. The summed E-state index contributed by atoms with van der Waals surface area (Å²) >= 11 is 0. The van der Waals surface area contributed by atoms with Crippen LogP contribution in [0.3, 0.4) is 0 Å². The number of carboxylic acids is 1. The number of amides is 2. The molecule has 2 aromatic rings. The highest BCUT2D eigenvalue weighted by molar-refractivity contribution is 6.23. The maximum absolute atomic E-state index is 12.6. The second-order valence-electron chi connectivity index (χ2n) is 5.55. The van der Waals surface area contributed by atoms with Gasteiger partial charge in [-0.05, 0) is 42.5 Å². The molecule has 0 aromatic heterocycles. The summed E-state index contributed by atoms with van der Waals surface area (Å²) in [5, 5.41) is 12.1. The molecular weight excluding hydrogens is 324 g/mol. The van der Waals surface area contributed by atoms with Crippen LogP contribution in [0.5, 0.6) is 5.75 Å². The Bertz CT molecular complexity index is 832. The van der Waals surface area contributed by atoms with Crippen molar-refractivity contribution in [3.05, 3.63) is 54.1 Å². The van der Waals surface area contributed by atoms with Crippen molar-refractivity contribution in [3.8, 4) is 5.75 Å². The van der Waals surface area contributed by atoms with E-state index in [-0.39, 0.29) is 23.6 Å². The summed E-state index contributed by atoms with van der Waals surface area (Å²) in [4.78, 5) is 37.0. The van der Waals surface area contributed by atoms with Crippen LogP contribution >= 0.6 is 0 Å². The molecule has 0 unspecified atom stereocenters. The summed E-state index contributed by atoms with van der Waals surface area (Å²) in [6.07, 6.45) is 0.00214. The van der Waals surface area contributed by atoms with Gasteiger partial charge in [-0.1, -0.05) is 6.07 Å². The molecule has 1 saturated heterocycles. The summed E-state index contributed by atoms with van der Waals surface area (Å²) in [5.74, 6) is -1.22. The largest absolute Gasteiger partial charge is 0.497 e. The first-order chi connectivity index (χ1) is 12.0. The Kier molecular flexibility index (Phi) is 4.38. The molecule has 25 heavy (non-hydrogen) atoms. The molecule has 1 atom stereocenters. The summed E-state index contributed by atoms with van der Waals surface area (Å²) in [6, 6.07) is 12.1. The zero-order chi connectivity index (χ0) is 18.0. The molecule has 0 radical (unpaired) electrons. The molecule has 1 fully saturated rings. The quantitative estimate of drug-likeness (QED) is 0.810. The van der Waals surface area contributed by atoms with Crippen molar-refractivity contribution in [1.82, 2.24) is 0 Å². The first kappa shape index (κ1) is 16.5. The molecule has 7 heteroatoms. The van der Waals surface area contributed by atoms with Crippen molar-refractivity contribution in [3.63, 3.8) is 0 Å². The van der Waals surface area contributed by atoms with Gasteiger partial charge in [-0.2, -0.15) is 0 Å². The van der Waals surface area contributed by atoms with E-state index in [1.165, 1.54) is 24.3 Å². The fourth-order valence-electron chi connectivity index (χ4n) is 2.68. The maximum atomic E-state index is 12.6. The van der Waals surface area contributed by atoms with E-state index in [1.807, 2.05) is 0 Å². The monoisotopic (exact) mass is 340 g/mol. The van der Waals surface area contributed by atoms with Crippen LogP contribution in [0.1, 0.15) is 16.8 Å². The predicted molar refractivity (Wildman–Crippen MR) is 90.9 cm³/mol. The Balaban J connectivity index is 1.80. The number of imide groups is 1. The summed E-state index contributed by atoms with van der Waals surface area (Å²) in [6.45, 7) is 0. The molecule has 0 aliphatic carbocycles. The average Bonchev–Trinajstić information content (AvgIpc) is 2.89. The van der Waals surface area contributed by atoms with Crippen LogP contribution < -0.4 is 15.0 Å². The molecule has 128 valence electrons. The Morgan fingerprint density at radius 3 is 2.56 bits per heavy atom. The lowest BCUT2D eigenvalue weighted by Crippen LogP contribution is -2.34. The lowest BCUT2D eigenvalue weighted by molar-refractivity contribution is -0.121. The highest BCUT2D eigenvalue weighted by Gasteiger charge is 2.39. The molecule has 0 bridgehead atoms. The van der Waals surface area contributed by atoms with Crippen molar-refractivity contribution < 1.29 is 24.2 Å². The number of rotatable bonds is 5. The number of hydrogen-bond donors (Lipinski definition) is 2. The van der Waals surface area contributed by atoms with Gasteiger partial charge in [0.15, 0.2) is 0 Å². The van der Waals surface area contributed by atoms with E-state index in [4.69, 9.17) is 9.84 Å². The summed E-state index contributed by atoms with van der Waals surface area (Å²) in [7, 11) is 1.56. The molecule has 2 amide bonds. The molecule has 2 N–H and O–H groups in total. The molecule has 1 aliphatic rings. The zero-order valence-electron chi connectivity index (χ0n) is 13.4. The number of anilines is 2. The number of carbonyl (C=O) groups excluding carboxylic acids is 2. The van der Waals surface area contributed by atoms with Gasteiger partial charge in [0, 0.05) is 5.69 Å². The normalized spacial score (nSPS) is 16.8. The number of carbonyl (C=O) groups is 3. The van der Waals surface area contributed by atoms with E-state index < -0.39 is 17.9 Å². The second-order valence-corrected chi connectivity index (χ2v) is 5.55. The van der Waals surface area contributed by atoms with Crippen LogP contribution in [0.4, 0.5) is 11.4 Å². The van der Waals surface area contributed by atoms with Crippen LogP contribution in [0.2, 0.25) is 0 Å². The number of nitrogens with zero attached hydrogens (tertiary/aromatic N) is 1. The van der Waals surface area contributed by atoms with Crippen LogP contribution in [0.15, 0.2) is 48.5 Å². The number of carboxylic acid groups (broad SMARTS) is 1. The Morgan fingerprint density at radius 1 is 1.20 bits per heavy atom. The summed E-state index contributed by atoms with van der Waals surface area (Å²) in [5.41, 5.74) is 0.965. The molecule has 7 nitrogen and oxygen atoms in total. The van der Waals surface area contributed by atoms with Gasteiger partial charge in [-0.15, -0.1) is 0 Å². The van der Waals surface area contributed by atoms with Crippen molar-refractivity contribution in [2.24, 2.45) is 0 Å². The Morgan fingerprint density at radius 2 is 1.92 bits per heavy atom. The van der Waals surface area contributed by atoms with Crippen molar-refractivity contribution >= 4 is 29.2 Å². The minimum Gasteiger partial charge on any atom is -0.497 e. The third-order valence-corrected chi connectivity index (χ3v) is 3.93. The molecule has 0 spiro atoms. The van der Waals surface area contributed by atoms with Crippen LogP contribution in [-0.2, 0) is 9.59 Å². The number of nitrogens with one attached hydrogen (secondary N) is 1. The van der Waals surface area contributed by atoms with Crippen LogP contribution in [0.25, 0.3) is 0 Å². The number of methoxy groups -OCH3 is 1. The minimum absolute atomic E-state index is 0.00214. The Hall–Kier alpha value is -3.35. The third kappa shape index (κ3) is 3.30. The zero-order valence-corrected chi connectivity index (χ0v) is 13.4. The van der Waals surface area contributed by atoms with Gasteiger partial charge in [0.1, 0.15) is 11.8 Å². The number of benzene rings is 2. The van der Waals surface area contributed by atoms with Gasteiger partial charge in [0.05, 0.1) is 24.8 Å². The number of hydrogen-bond acceptors (Lipinski definition) is 5. The first-order valence-electron chi connectivity index (χ1n) is 7.60. The lowest BCUT2D eigenvalue weighted by atomic mass is 10.2. The minimum atomic E-state index is -1.12. The molecular formula is C18H16N2O5. The molecule has 3 rings (SSSR count). The summed E-state index contributed by atoms with van der Waals surface area (Å²) < 4.78 is 5.08. The van der Waals surface area contributed by atoms with E-state index in [2.05, 4.69) is 5.32 Å². The van der Waals surface area contributed by atoms with Gasteiger partial charge in [-0.3, -0.25) is 9.59 Å². The standard InChI is InChI=1S/C18H16N2O5/c1-25-14-7-5-12(6-8-14)19-15-10-16(21)20(17(15)22)13-4-2-3-11(9-13)18(23)24/h2-9,15,19H,10H2,1H3,(H,23,24)/t15-/m1/s1. The SMILES string of the molecule is COc1ccc(N[C@@H]2CC(=O)N(c3cccc(C(=O)O)c3)C2=O)cc1. The van der Waals surface area contributed by atoms with Gasteiger partial charge in [0.25, 0.3) is 5.91 Å². The fourth-order valence-corrected chi connectivity index (χ4v) is 2.68. The first-order valence-corrected chi connectivity index (χ1v) is 7.60. The van der Waals surface area contributed by atoms with E-state index in [1.54, 1.807) is 31.4 Å². The third-order valence-electron chi connectivity index (χ3n) is 3.93. The fraction of sp³-hybridized carbons (Fsp3) is 0.167. The van der Waals surface area contributed by atoms with E-state index in [9.17, 15) is 14.4 Å². The smallest absolute Gasteiger partial charge is 0.335 e. The highest BCUT2D eigenvalue weighted by Crippen LogP contribution is 2.26. The molecule has 0 saturated carbocycles. The van der Waals surface area contributed by atoms with Crippen LogP contribution in [0, 0.1) is 0 Å².